The molecule has 12 nitrogen and oxygen atoms in total. The number of carbonyl (C=O) groups is 1. The molecule has 1 atom stereocenters. The third-order valence-electron chi connectivity index (χ3n) is 8.56. The van der Waals surface area contributed by atoms with Crippen LogP contribution in [0.2, 0.25) is 0 Å². The third kappa shape index (κ3) is 5.68. The third-order valence-corrected chi connectivity index (χ3v) is 8.56. The Kier molecular flexibility index (Phi) is 8.14. The lowest BCUT2D eigenvalue weighted by Crippen LogP contribution is -2.57. The molecule has 6 rings (SSSR count). The summed E-state index contributed by atoms with van der Waals surface area (Å²) in [6.45, 7) is 8.74. The number of amides is 1. The van der Waals surface area contributed by atoms with Crippen molar-refractivity contribution in [2.75, 3.05) is 38.6 Å². The molecule has 2 saturated heterocycles. The fourth-order valence-electron chi connectivity index (χ4n) is 6.35. The van der Waals surface area contributed by atoms with Gasteiger partial charge >= 0.3 is 5.69 Å². The number of ether oxygens (including phenoxy) is 2. The predicted octanol–water partition coefficient (Wildman–Crippen LogP) is 3.68. The van der Waals surface area contributed by atoms with Crippen LogP contribution in [-0.2, 0) is 9.53 Å². The van der Waals surface area contributed by atoms with Crippen LogP contribution in [0.3, 0.4) is 0 Å². The van der Waals surface area contributed by atoms with Gasteiger partial charge in [-0.1, -0.05) is 25.1 Å². The number of rotatable bonds is 9. The first-order valence-corrected chi connectivity index (χ1v) is 15.0. The van der Waals surface area contributed by atoms with Crippen LogP contribution in [0.5, 0.6) is 11.5 Å². The van der Waals surface area contributed by atoms with Crippen LogP contribution in [0.4, 0.5) is 5.82 Å². The van der Waals surface area contributed by atoms with Gasteiger partial charge in [-0.25, -0.2) is 14.8 Å². The van der Waals surface area contributed by atoms with Gasteiger partial charge in [0, 0.05) is 18.6 Å². The van der Waals surface area contributed by atoms with Crippen molar-refractivity contribution in [3.63, 3.8) is 0 Å². The molecule has 1 amide bonds. The lowest BCUT2D eigenvalue weighted by molar-refractivity contribution is -0.126. The maximum atomic E-state index is 14.1. The highest BCUT2D eigenvalue weighted by molar-refractivity contribution is 5.97. The van der Waals surface area contributed by atoms with Gasteiger partial charge in [0.15, 0.2) is 11.5 Å². The second-order valence-corrected chi connectivity index (χ2v) is 11.8. The number of nitrogen functional groups attached to an aromatic ring is 1. The zero-order chi connectivity index (χ0) is 31.7. The van der Waals surface area contributed by atoms with Crippen LogP contribution in [0.25, 0.3) is 16.9 Å². The number of likely N-dealkylation sites (tertiary alicyclic amines) is 1. The summed E-state index contributed by atoms with van der Waals surface area (Å²) in [6, 6.07) is 18.5. The molecule has 2 fully saturated rings. The van der Waals surface area contributed by atoms with Crippen LogP contribution in [0.15, 0.2) is 77.4 Å². The van der Waals surface area contributed by atoms with Gasteiger partial charge in [0.1, 0.15) is 35.0 Å². The molecule has 0 unspecified atom stereocenters. The Morgan fingerprint density at radius 2 is 1.87 bits per heavy atom. The number of nitrogens with two attached hydrogens (primary N) is 1. The minimum atomic E-state index is -0.524. The number of para-hydroxylation sites is 1. The highest BCUT2D eigenvalue weighted by Gasteiger charge is 2.37. The van der Waals surface area contributed by atoms with Crippen LogP contribution in [0.1, 0.15) is 33.2 Å². The molecule has 12 heteroatoms. The molecule has 232 valence electrons. The average Bonchev–Trinajstić information content (AvgIpc) is 3.61. The minimum absolute atomic E-state index is 0.0819. The molecule has 0 bridgehead atoms. The number of benzene rings is 2. The topological polar surface area (TPSA) is 145 Å². The van der Waals surface area contributed by atoms with Gasteiger partial charge in [-0.2, -0.15) is 5.26 Å². The fraction of sp³-hybridized carbons (Fsp3) is 0.364. The summed E-state index contributed by atoms with van der Waals surface area (Å²) in [7, 11) is 0. The van der Waals surface area contributed by atoms with Gasteiger partial charge in [-0.05, 0) is 69.3 Å². The molecule has 2 aromatic heterocycles. The van der Waals surface area contributed by atoms with Crippen molar-refractivity contribution in [1.82, 2.24) is 28.9 Å². The molecule has 2 aliphatic rings. The van der Waals surface area contributed by atoms with Gasteiger partial charge in [-0.15, -0.1) is 0 Å². The molecule has 2 aliphatic heterocycles. The summed E-state index contributed by atoms with van der Waals surface area (Å²) in [6.07, 6.45) is 3.60. The van der Waals surface area contributed by atoms with E-state index in [2.05, 4.69) is 27.9 Å². The van der Waals surface area contributed by atoms with Crippen molar-refractivity contribution < 1.29 is 14.3 Å². The number of fused-ring (bicyclic) bond motifs is 1. The summed E-state index contributed by atoms with van der Waals surface area (Å²) in [5.41, 5.74) is 6.87. The van der Waals surface area contributed by atoms with Crippen LogP contribution < -0.4 is 16.2 Å². The Labute approximate surface area is 260 Å². The van der Waals surface area contributed by atoms with Gasteiger partial charge < -0.3 is 20.1 Å². The zero-order valence-electron chi connectivity index (χ0n) is 25.6. The van der Waals surface area contributed by atoms with Gasteiger partial charge in [-0.3, -0.25) is 18.8 Å². The first-order valence-electron chi connectivity index (χ1n) is 15.0. The Bertz CT molecular complexity index is 1830. The van der Waals surface area contributed by atoms with Crippen LogP contribution in [0, 0.1) is 11.3 Å². The lowest BCUT2D eigenvalue weighted by atomic mass is 9.95. The Balaban J connectivity index is 1.27. The molecule has 0 spiro atoms. The standard InChI is InChI=1S/C33H36N8O4/c1-4-39(25-19-44-20-25)33(2,3)16-22(17-34)31(42)38-15-14-24(18-38)41-30-28(29(35)36-21-37-30)40(32(41)43)23-10-12-27(13-11-23)45-26-8-6-5-7-9-26/h5-13,16,21,24-25H,4,14-15,18-20H2,1-3H3,(H2,35,36,37)/t24-/m0/s1. The number of hydrogen-bond acceptors (Lipinski definition) is 9. The molecule has 45 heavy (non-hydrogen) atoms. The molecule has 0 radical (unpaired) electrons. The molecule has 2 N–H and O–H groups in total. The smallest absolute Gasteiger partial charge is 0.335 e. The number of aromatic nitrogens is 4. The van der Waals surface area contributed by atoms with E-state index in [-0.39, 0.29) is 41.6 Å². The van der Waals surface area contributed by atoms with E-state index in [1.807, 2.05) is 44.2 Å². The fourth-order valence-corrected chi connectivity index (χ4v) is 6.35. The summed E-state index contributed by atoms with van der Waals surface area (Å²) >= 11 is 0. The zero-order valence-corrected chi connectivity index (χ0v) is 25.6. The van der Waals surface area contributed by atoms with Crippen molar-refractivity contribution in [2.24, 2.45) is 0 Å². The summed E-state index contributed by atoms with van der Waals surface area (Å²) in [5, 5.41) is 10.0. The minimum Gasteiger partial charge on any atom is -0.457 e. The van der Waals surface area contributed by atoms with E-state index in [0.717, 1.165) is 6.54 Å². The molecule has 2 aromatic carbocycles. The molecule has 4 aromatic rings. The highest BCUT2D eigenvalue weighted by Crippen LogP contribution is 2.30. The highest BCUT2D eigenvalue weighted by atomic mass is 16.5. The van der Waals surface area contributed by atoms with Gasteiger partial charge in [0.05, 0.1) is 31.0 Å². The Morgan fingerprint density at radius 1 is 1.16 bits per heavy atom. The number of imidazole rings is 1. The van der Waals surface area contributed by atoms with Gasteiger partial charge in [0.2, 0.25) is 0 Å². The lowest BCUT2D eigenvalue weighted by Gasteiger charge is -2.45. The number of nitriles is 1. The number of anilines is 1. The second kappa shape index (κ2) is 12.2. The van der Waals surface area contributed by atoms with Crippen molar-refractivity contribution in [3.8, 4) is 23.3 Å². The van der Waals surface area contributed by atoms with E-state index in [4.69, 9.17) is 15.2 Å². The van der Waals surface area contributed by atoms with Crippen molar-refractivity contribution in [1.29, 1.82) is 5.26 Å². The summed E-state index contributed by atoms with van der Waals surface area (Å²) < 4.78 is 14.4. The number of nitrogens with zero attached hydrogens (tertiary/aromatic N) is 7. The second-order valence-electron chi connectivity index (χ2n) is 11.8. The normalized spacial score (nSPS) is 17.4. The molecule has 4 heterocycles. The Morgan fingerprint density at radius 3 is 2.51 bits per heavy atom. The van der Waals surface area contributed by atoms with Crippen molar-refractivity contribution in [2.45, 2.75) is 44.8 Å². The maximum absolute atomic E-state index is 14.1. The number of carbonyl (C=O) groups excluding carboxylic acids is 1. The summed E-state index contributed by atoms with van der Waals surface area (Å²) in [5.74, 6) is 1.13. The Hall–Kier alpha value is -4.99. The largest absolute Gasteiger partial charge is 0.457 e. The monoisotopic (exact) mass is 608 g/mol. The van der Waals surface area contributed by atoms with E-state index in [9.17, 15) is 14.9 Å². The predicted molar refractivity (Wildman–Crippen MR) is 169 cm³/mol. The molecular weight excluding hydrogens is 572 g/mol. The molecule has 0 saturated carbocycles. The van der Waals surface area contributed by atoms with E-state index in [1.54, 1.807) is 39.8 Å². The van der Waals surface area contributed by atoms with E-state index in [0.29, 0.717) is 54.5 Å². The van der Waals surface area contributed by atoms with Crippen LogP contribution in [-0.4, -0.2) is 79.2 Å². The summed E-state index contributed by atoms with van der Waals surface area (Å²) in [4.78, 5) is 40.1. The maximum Gasteiger partial charge on any atom is 0.335 e. The van der Waals surface area contributed by atoms with Crippen molar-refractivity contribution in [3.05, 3.63) is 83.1 Å². The molecule has 0 aliphatic carbocycles. The van der Waals surface area contributed by atoms with Crippen molar-refractivity contribution >= 4 is 22.9 Å². The van der Waals surface area contributed by atoms with Crippen LogP contribution >= 0.6 is 0 Å². The number of hydrogen-bond donors (Lipinski definition) is 1. The SMILES string of the molecule is CCN(C1COC1)C(C)(C)C=C(C#N)C(=O)N1CC[C@H](n2c(=O)n(-c3ccc(Oc4ccccc4)cc3)c3c(N)ncnc32)C1. The first-order chi connectivity index (χ1) is 21.7. The molecular formula is C33H36N8O4. The average molecular weight is 609 g/mol. The van der Waals surface area contributed by atoms with E-state index in [1.165, 1.54) is 10.9 Å². The quantitative estimate of drug-likeness (QED) is 0.222. The van der Waals surface area contributed by atoms with E-state index >= 15 is 0 Å². The van der Waals surface area contributed by atoms with Gasteiger partial charge in [0.25, 0.3) is 5.91 Å². The van der Waals surface area contributed by atoms with E-state index < -0.39 is 5.54 Å². The first kappa shape index (κ1) is 30.1. The number of likely N-dealkylation sites (N-methyl/N-ethyl adjacent to an activating group) is 1.